The van der Waals surface area contributed by atoms with Gasteiger partial charge in [-0.1, -0.05) is 6.42 Å². The minimum atomic E-state index is 0.0714. The summed E-state index contributed by atoms with van der Waals surface area (Å²) in [5.41, 5.74) is 5.20. The van der Waals surface area contributed by atoms with Crippen molar-refractivity contribution in [3.05, 3.63) is 11.1 Å². The minimum absolute atomic E-state index is 0.0714. The summed E-state index contributed by atoms with van der Waals surface area (Å²) in [6, 6.07) is 0.889. The van der Waals surface area contributed by atoms with Gasteiger partial charge in [0.1, 0.15) is 0 Å². The van der Waals surface area contributed by atoms with Crippen LogP contribution in [0.5, 0.6) is 0 Å². The van der Waals surface area contributed by atoms with Crippen LogP contribution < -0.4 is 10.7 Å². The lowest BCUT2D eigenvalue weighted by molar-refractivity contribution is -0.125. The topological polar surface area (TPSA) is 44.4 Å². The van der Waals surface area contributed by atoms with Crippen LogP contribution in [-0.4, -0.2) is 36.1 Å². The van der Waals surface area contributed by atoms with Crippen molar-refractivity contribution in [2.24, 2.45) is 0 Å². The number of amides is 1. The van der Waals surface area contributed by atoms with E-state index in [1.807, 2.05) is 6.92 Å². The molecule has 4 nitrogen and oxygen atoms in total. The molecule has 0 spiro atoms. The largest absolute Gasteiger partial charge is 0.309 e. The molecule has 2 aliphatic heterocycles. The number of nitrogens with zero attached hydrogens (tertiary/aromatic N) is 1. The predicted octanol–water partition coefficient (Wildman–Crippen LogP) is 1.20. The molecule has 0 bridgehead atoms. The second kappa shape index (κ2) is 5.19. The third kappa shape index (κ3) is 2.69. The van der Waals surface area contributed by atoms with Crippen molar-refractivity contribution in [3.8, 4) is 0 Å². The van der Waals surface area contributed by atoms with Crippen LogP contribution in [0.4, 0.5) is 0 Å². The maximum Gasteiger partial charge on any atom is 0.261 e. The fourth-order valence-electron chi connectivity index (χ4n) is 2.52. The molecule has 2 fully saturated rings. The van der Waals surface area contributed by atoms with Crippen LogP contribution >= 0.6 is 0 Å². The maximum absolute atomic E-state index is 12.1. The van der Waals surface area contributed by atoms with E-state index in [-0.39, 0.29) is 5.91 Å². The lowest BCUT2D eigenvalue weighted by atomic mass is 9.99. The van der Waals surface area contributed by atoms with Crippen molar-refractivity contribution in [2.75, 3.05) is 13.1 Å². The molecular weight excluding hydrogens is 214 g/mol. The second-order valence-corrected chi connectivity index (χ2v) is 5.31. The molecule has 1 amide bonds. The van der Waals surface area contributed by atoms with E-state index < -0.39 is 0 Å². The first-order chi connectivity index (χ1) is 8.09. The molecule has 0 aromatic carbocycles. The highest BCUT2D eigenvalue weighted by molar-refractivity contribution is 5.93. The van der Waals surface area contributed by atoms with E-state index >= 15 is 0 Å². The van der Waals surface area contributed by atoms with Crippen LogP contribution in [0.2, 0.25) is 0 Å². The van der Waals surface area contributed by atoms with Crippen LogP contribution in [0.25, 0.3) is 0 Å². The van der Waals surface area contributed by atoms with Gasteiger partial charge in [-0.3, -0.25) is 10.2 Å². The molecule has 2 unspecified atom stereocenters. The number of carbonyl (C=O) groups excluding carboxylic acids is 1. The SMILES string of the molecule is CC(C(=O)NN1C(C)CCCC1C)=C1CNC1. The monoisotopic (exact) mass is 237 g/mol. The Morgan fingerprint density at radius 1 is 1.29 bits per heavy atom. The van der Waals surface area contributed by atoms with Gasteiger partial charge in [0, 0.05) is 30.7 Å². The molecule has 96 valence electrons. The molecule has 2 heterocycles. The molecule has 2 N–H and O–H groups in total. The summed E-state index contributed by atoms with van der Waals surface area (Å²) >= 11 is 0. The third-order valence-electron chi connectivity index (χ3n) is 3.97. The summed E-state index contributed by atoms with van der Waals surface area (Å²) in [6.07, 6.45) is 3.60. The number of piperidine rings is 1. The van der Waals surface area contributed by atoms with E-state index in [1.54, 1.807) is 0 Å². The number of hydrazine groups is 1. The van der Waals surface area contributed by atoms with Gasteiger partial charge in [-0.05, 0) is 39.2 Å². The molecule has 4 heteroatoms. The molecule has 0 aliphatic carbocycles. The summed E-state index contributed by atoms with van der Waals surface area (Å²) in [6.45, 7) is 8.02. The Kier molecular flexibility index (Phi) is 3.84. The summed E-state index contributed by atoms with van der Waals surface area (Å²) in [5.74, 6) is 0.0714. The first-order valence-electron chi connectivity index (χ1n) is 6.58. The van der Waals surface area contributed by atoms with Crippen LogP contribution in [0, 0.1) is 0 Å². The molecule has 2 aliphatic rings. The number of carbonyl (C=O) groups is 1. The van der Waals surface area contributed by atoms with Gasteiger partial charge < -0.3 is 5.32 Å². The Morgan fingerprint density at radius 3 is 2.35 bits per heavy atom. The molecule has 0 saturated carbocycles. The number of hydrogen-bond donors (Lipinski definition) is 2. The summed E-state index contributed by atoms with van der Waals surface area (Å²) in [4.78, 5) is 12.1. The van der Waals surface area contributed by atoms with Gasteiger partial charge in [-0.25, -0.2) is 5.01 Å². The zero-order valence-corrected chi connectivity index (χ0v) is 11.0. The third-order valence-corrected chi connectivity index (χ3v) is 3.97. The fourth-order valence-corrected chi connectivity index (χ4v) is 2.52. The first-order valence-corrected chi connectivity index (χ1v) is 6.58. The van der Waals surface area contributed by atoms with Crippen molar-refractivity contribution in [3.63, 3.8) is 0 Å². The van der Waals surface area contributed by atoms with Crippen molar-refractivity contribution < 1.29 is 4.79 Å². The standard InChI is InChI=1S/C13H23N3O/c1-9-5-4-6-10(2)16(9)15-13(17)11(3)12-7-14-8-12/h9-10,14H,4-8H2,1-3H3,(H,15,17). The smallest absolute Gasteiger partial charge is 0.261 e. The van der Waals surface area contributed by atoms with Crippen LogP contribution in [0.1, 0.15) is 40.0 Å². The van der Waals surface area contributed by atoms with Crippen LogP contribution in [0.15, 0.2) is 11.1 Å². The Morgan fingerprint density at radius 2 is 1.88 bits per heavy atom. The molecular formula is C13H23N3O. The highest BCUT2D eigenvalue weighted by Gasteiger charge is 2.27. The Labute approximate surface area is 103 Å². The average Bonchev–Trinajstić information content (AvgIpc) is 2.21. The Balaban J connectivity index is 1.97. The normalized spacial score (nSPS) is 29.7. The van der Waals surface area contributed by atoms with Crippen molar-refractivity contribution in [1.29, 1.82) is 0 Å². The summed E-state index contributed by atoms with van der Waals surface area (Å²) < 4.78 is 0. The molecule has 2 rings (SSSR count). The zero-order valence-electron chi connectivity index (χ0n) is 11.0. The van der Waals surface area contributed by atoms with Gasteiger partial charge in [0.2, 0.25) is 0 Å². The molecule has 0 aromatic rings. The second-order valence-electron chi connectivity index (χ2n) is 5.31. The van der Waals surface area contributed by atoms with Gasteiger partial charge in [0.25, 0.3) is 5.91 Å². The summed E-state index contributed by atoms with van der Waals surface area (Å²) in [5, 5.41) is 5.29. The highest BCUT2D eigenvalue weighted by Crippen LogP contribution is 2.20. The van der Waals surface area contributed by atoms with Gasteiger partial charge in [-0.2, -0.15) is 0 Å². The van der Waals surface area contributed by atoms with Gasteiger partial charge in [0.15, 0.2) is 0 Å². The van der Waals surface area contributed by atoms with Crippen LogP contribution in [-0.2, 0) is 4.79 Å². The zero-order chi connectivity index (χ0) is 12.4. The lowest BCUT2D eigenvalue weighted by Crippen LogP contribution is -2.54. The van der Waals surface area contributed by atoms with Gasteiger partial charge >= 0.3 is 0 Å². The van der Waals surface area contributed by atoms with E-state index in [1.165, 1.54) is 24.8 Å². The van der Waals surface area contributed by atoms with Gasteiger partial charge in [-0.15, -0.1) is 0 Å². The van der Waals surface area contributed by atoms with E-state index in [4.69, 9.17) is 0 Å². The Bertz CT molecular complexity index is 322. The molecule has 0 aromatic heterocycles. The van der Waals surface area contributed by atoms with Crippen molar-refractivity contribution in [1.82, 2.24) is 15.8 Å². The quantitative estimate of drug-likeness (QED) is 0.709. The van der Waals surface area contributed by atoms with E-state index in [9.17, 15) is 4.79 Å². The molecule has 2 saturated heterocycles. The molecule has 0 radical (unpaired) electrons. The fraction of sp³-hybridized carbons (Fsp3) is 0.769. The van der Waals surface area contributed by atoms with E-state index in [2.05, 4.69) is 29.6 Å². The van der Waals surface area contributed by atoms with Crippen LogP contribution in [0.3, 0.4) is 0 Å². The minimum Gasteiger partial charge on any atom is -0.309 e. The highest BCUT2D eigenvalue weighted by atomic mass is 16.2. The Hall–Kier alpha value is -0.870. The number of nitrogens with one attached hydrogen (secondary N) is 2. The van der Waals surface area contributed by atoms with Crippen molar-refractivity contribution in [2.45, 2.75) is 52.1 Å². The van der Waals surface area contributed by atoms with E-state index in [0.29, 0.717) is 12.1 Å². The first kappa shape index (κ1) is 12.6. The number of rotatable bonds is 2. The van der Waals surface area contributed by atoms with Crippen molar-refractivity contribution >= 4 is 5.91 Å². The lowest BCUT2D eigenvalue weighted by Gasteiger charge is -2.39. The van der Waals surface area contributed by atoms with E-state index in [0.717, 1.165) is 18.7 Å². The average molecular weight is 237 g/mol. The summed E-state index contributed by atoms with van der Waals surface area (Å²) in [7, 11) is 0. The molecule has 17 heavy (non-hydrogen) atoms. The molecule has 2 atom stereocenters. The number of hydrogen-bond acceptors (Lipinski definition) is 3. The maximum atomic E-state index is 12.1. The predicted molar refractivity (Wildman–Crippen MR) is 68.3 cm³/mol. The van der Waals surface area contributed by atoms with Gasteiger partial charge in [0.05, 0.1) is 0 Å².